The molecule has 1 aliphatic carbocycles. The predicted molar refractivity (Wildman–Crippen MR) is 135 cm³/mol. The van der Waals surface area contributed by atoms with Gasteiger partial charge in [0.2, 0.25) is 0 Å². The first kappa shape index (κ1) is 24.5. The fourth-order valence-electron chi connectivity index (χ4n) is 5.63. The third kappa shape index (κ3) is 5.22. The number of ether oxygens (including phenoxy) is 1. The summed E-state index contributed by atoms with van der Waals surface area (Å²) in [6.45, 7) is 6.27. The van der Waals surface area contributed by atoms with Crippen LogP contribution in [0.3, 0.4) is 0 Å². The fraction of sp³-hybridized carbons (Fsp3) is 0.536. The number of aliphatic hydroxyl groups excluding tert-OH is 1. The lowest BCUT2D eigenvalue weighted by atomic mass is 9.70. The molecular formula is C28H37NO3S. The maximum Gasteiger partial charge on any atom is 0.169 e. The Hall–Kier alpha value is -1.66. The van der Waals surface area contributed by atoms with Crippen molar-refractivity contribution in [1.29, 1.82) is 0 Å². The van der Waals surface area contributed by atoms with E-state index >= 15 is 0 Å². The van der Waals surface area contributed by atoms with Crippen LogP contribution in [0.25, 0.3) is 0 Å². The number of Topliss-reactive ketones (excluding diaryl/α,β-unsaturated/α-hetero) is 1. The van der Waals surface area contributed by atoms with Gasteiger partial charge in [0.05, 0.1) is 18.6 Å². The Morgan fingerprint density at radius 3 is 2.27 bits per heavy atom. The number of benzene rings is 2. The molecule has 2 N–H and O–H groups in total. The van der Waals surface area contributed by atoms with Gasteiger partial charge in [0, 0.05) is 23.5 Å². The zero-order chi connectivity index (χ0) is 23.4. The Morgan fingerprint density at radius 1 is 1.06 bits per heavy atom. The van der Waals surface area contributed by atoms with Crippen LogP contribution in [0, 0.1) is 11.8 Å². The number of hydrogen-bond acceptors (Lipinski definition) is 5. The molecule has 5 heteroatoms. The second kappa shape index (κ2) is 10.7. The number of ketones is 1. The summed E-state index contributed by atoms with van der Waals surface area (Å²) in [4.78, 5) is 15.2. The number of nitrogens with one attached hydrogen (secondary N) is 1. The third-order valence-electron chi connectivity index (χ3n) is 7.42. The van der Waals surface area contributed by atoms with Gasteiger partial charge >= 0.3 is 0 Å². The normalized spacial score (nSPS) is 26.8. The van der Waals surface area contributed by atoms with Crippen LogP contribution in [0.1, 0.15) is 66.9 Å². The Balaban J connectivity index is 1.63. The fourth-order valence-corrected chi connectivity index (χ4v) is 6.04. The molecule has 33 heavy (non-hydrogen) atoms. The molecule has 1 saturated carbocycles. The highest BCUT2D eigenvalue weighted by molar-refractivity contribution is 7.98. The Kier molecular flexibility index (Phi) is 7.95. The first-order valence-electron chi connectivity index (χ1n) is 12.3. The van der Waals surface area contributed by atoms with Crippen molar-refractivity contribution in [2.24, 2.45) is 11.8 Å². The standard InChI is InChI=1S/C28H37NO3S/c1-19(2)26(28(18-29-16-17-32-28)23-10-14-25(33-3)15-11-23)27(31)22-6-4-20(5-7-22)21-8-12-24(30)13-9-21/h4-7,10-11,14-15,19,21,24,26,29-30H,8-9,12-13,16-18H2,1-3H3. The summed E-state index contributed by atoms with van der Waals surface area (Å²) in [5.41, 5.74) is 2.41. The summed E-state index contributed by atoms with van der Waals surface area (Å²) in [6, 6.07) is 16.7. The van der Waals surface area contributed by atoms with E-state index in [9.17, 15) is 9.90 Å². The molecule has 2 fully saturated rings. The van der Waals surface area contributed by atoms with Gasteiger partial charge in [0.15, 0.2) is 5.78 Å². The van der Waals surface area contributed by atoms with E-state index in [1.165, 1.54) is 10.5 Å². The van der Waals surface area contributed by atoms with E-state index in [1.807, 2.05) is 12.1 Å². The molecule has 178 valence electrons. The number of thioether (sulfide) groups is 1. The van der Waals surface area contributed by atoms with Gasteiger partial charge in [0.25, 0.3) is 0 Å². The third-order valence-corrected chi connectivity index (χ3v) is 8.16. The average Bonchev–Trinajstić information content (AvgIpc) is 2.85. The molecule has 4 rings (SSSR count). The van der Waals surface area contributed by atoms with E-state index in [4.69, 9.17) is 4.74 Å². The van der Waals surface area contributed by atoms with Crippen molar-refractivity contribution < 1.29 is 14.6 Å². The van der Waals surface area contributed by atoms with Gasteiger partial charge in [-0.1, -0.05) is 50.2 Å². The molecule has 0 aromatic heterocycles. The van der Waals surface area contributed by atoms with Crippen LogP contribution in [0.4, 0.5) is 0 Å². The van der Waals surface area contributed by atoms with Gasteiger partial charge in [-0.2, -0.15) is 0 Å². The maximum atomic E-state index is 14.0. The summed E-state index contributed by atoms with van der Waals surface area (Å²) < 4.78 is 6.51. The predicted octanol–water partition coefficient (Wildman–Crippen LogP) is 5.40. The highest BCUT2D eigenvalue weighted by Crippen LogP contribution is 2.42. The molecule has 2 aromatic carbocycles. The van der Waals surface area contributed by atoms with Crippen molar-refractivity contribution in [2.45, 2.75) is 62.0 Å². The molecule has 1 aliphatic heterocycles. The lowest BCUT2D eigenvalue weighted by Crippen LogP contribution is -2.55. The Morgan fingerprint density at radius 2 is 1.73 bits per heavy atom. The zero-order valence-electron chi connectivity index (χ0n) is 20.0. The summed E-state index contributed by atoms with van der Waals surface area (Å²) in [5.74, 6) is 0.456. The van der Waals surface area contributed by atoms with E-state index in [0.717, 1.165) is 43.4 Å². The van der Waals surface area contributed by atoms with E-state index in [0.29, 0.717) is 19.1 Å². The van der Waals surface area contributed by atoms with Crippen LogP contribution in [-0.4, -0.2) is 42.9 Å². The molecule has 0 spiro atoms. The van der Waals surface area contributed by atoms with Crippen molar-refractivity contribution in [3.8, 4) is 0 Å². The van der Waals surface area contributed by atoms with Crippen molar-refractivity contribution >= 4 is 17.5 Å². The van der Waals surface area contributed by atoms with Crippen LogP contribution in [-0.2, 0) is 10.3 Å². The minimum atomic E-state index is -0.682. The van der Waals surface area contributed by atoms with Crippen molar-refractivity contribution in [1.82, 2.24) is 5.32 Å². The smallest absolute Gasteiger partial charge is 0.169 e. The molecule has 1 heterocycles. The largest absolute Gasteiger partial charge is 0.393 e. The quantitative estimate of drug-likeness (QED) is 0.422. The van der Waals surface area contributed by atoms with Gasteiger partial charge in [-0.25, -0.2) is 0 Å². The van der Waals surface area contributed by atoms with E-state index in [2.05, 4.69) is 61.8 Å². The van der Waals surface area contributed by atoms with Gasteiger partial charge in [0.1, 0.15) is 5.60 Å². The summed E-state index contributed by atoms with van der Waals surface area (Å²) in [7, 11) is 0. The molecule has 2 aliphatic rings. The second-order valence-corrected chi connectivity index (χ2v) is 10.7. The van der Waals surface area contributed by atoms with Crippen LogP contribution in [0.5, 0.6) is 0 Å². The van der Waals surface area contributed by atoms with Crippen LogP contribution < -0.4 is 5.32 Å². The molecular weight excluding hydrogens is 430 g/mol. The SMILES string of the molecule is CSc1ccc(C2(C(C(=O)c3ccc(C4CCC(O)CC4)cc3)C(C)C)CNCCO2)cc1. The van der Waals surface area contributed by atoms with Crippen molar-refractivity contribution in [3.05, 3.63) is 65.2 Å². The molecule has 4 nitrogen and oxygen atoms in total. The van der Waals surface area contributed by atoms with Crippen molar-refractivity contribution in [3.63, 3.8) is 0 Å². The summed E-state index contributed by atoms with van der Waals surface area (Å²) in [6.07, 6.45) is 5.67. The molecule has 0 radical (unpaired) electrons. The topological polar surface area (TPSA) is 58.6 Å². The number of carbonyl (C=O) groups is 1. The minimum Gasteiger partial charge on any atom is -0.393 e. The van der Waals surface area contributed by atoms with E-state index in [1.54, 1.807) is 11.8 Å². The van der Waals surface area contributed by atoms with Gasteiger partial charge in [-0.05, 0) is 67.0 Å². The summed E-state index contributed by atoms with van der Waals surface area (Å²) in [5, 5.41) is 13.3. The monoisotopic (exact) mass is 467 g/mol. The Bertz CT molecular complexity index is 911. The first-order valence-corrected chi connectivity index (χ1v) is 13.5. The highest BCUT2D eigenvalue weighted by atomic mass is 32.2. The summed E-state index contributed by atoms with van der Waals surface area (Å²) >= 11 is 1.72. The number of rotatable bonds is 7. The van der Waals surface area contributed by atoms with Crippen LogP contribution >= 0.6 is 11.8 Å². The average molecular weight is 468 g/mol. The molecule has 1 saturated heterocycles. The molecule has 0 bridgehead atoms. The zero-order valence-corrected chi connectivity index (χ0v) is 20.9. The molecule has 2 unspecified atom stereocenters. The number of aliphatic hydroxyl groups is 1. The number of morpholine rings is 1. The number of carbonyl (C=O) groups excluding carboxylic acids is 1. The minimum absolute atomic E-state index is 0.122. The second-order valence-electron chi connectivity index (χ2n) is 9.86. The van der Waals surface area contributed by atoms with Crippen molar-refractivity contribution in [2.75, 3.05) is 26.0 Å². The maximum absolute atomic E-state index is 14.0. The van der Waals surface area contributed by atoms with Gasteiger partial charge in [-0.15, -0.1) is 11.8 Å². The highest BCUT2D eigenvalue weighted by Gasteiger charge is 2.48. The Labute approximate surface area is 202 Å². The molecule has 2 atom stereocenters. The molecule has 0 amide bonds. The van der Waals surface area contributed by atoms with E-state index in [-0.39, 0.29) is 23.7 Å². The number of hydrogen-bond donors (Lipinski definition) is 2. The van der Waals surface area contributed by atoms with Gasteiger partial charge in [-0.3, -0.25) is 4.79 Å². The lowest BCUT2D eigenvalue weighted by molar-refractivity contribution is -0.110. The molecule has 2 aromatic rings. The van der Waals surface area contributed by atoms with Gasteiger partial charge < -0.3 is 15.2 Å². The van der Waals surface area contributed by atoms with Crippen LogP contribution in [0.2, 0.25) is 0 Å². The van der Waals surface area contributed by atoms with E-state index < -0.39 is 5.60 Å². The lowest BCUT2D eigenvalue weighted by Gasteiger charge is -2.45. The first-order chi connectivity index (χ1) is 15.9. The van der Waals surface area contributed by atoms with Crippen LogP contribution in [0.15, 0.2) is 53.4 Å².